The maximum Gasteiger partial charge on any atom is 0.242 e. The van der Waals surface area contributed by atoms with E-state index in [9.17, 15) is 9.59 Å². The van der Waals surface area contributed by atoms with E-state index in [0.29, 0.717) is 12.8 Å². The van der Waals surface area contributed by atoms with E-state index in [1.807, 2.05) is 6.92 Å². The van der Waals surface area contributed by atoms with Crippen molar-refractivity contribution in [3.63, 3.8) is 0 Å². The van der Waals surface area contributed by atoms with Crippen LogP contribution in [0.25, 0.3) is 0 Å². The Morgan fingerprint density at radius 3 is 2.12 bits per heavy atom. The summed E-state index contributed by atoms with van der Waals surface area (Å²) in [5, 5.41) is 5.38. The van der Waals surface area contributed by atoms with E-state index in [-0.39, 0.29) is 11.8 Å². The number of amides is 2. The van der Waals surface area contributed by atoms with Gasteiger partial charge in [-0.1, -0.05) is 69.4 Å². The van der Waals surface area contributed by atoms with Gasteiger partial charge in [0.05, 0.1) is 0 Å². The van der Waals surface area contributed by atoms with Crippen LogP contribution < -0.4 is 10.6 Å². The van der Waals surface area contributed by atoms with Crippen LogP contribution in [0.4, 0.5) is 0 Å². The zero-order chi connectivity index (χ0) is 18.3. The topological polar surface area (TPSA) is 58.2 Å². The SMILES string of the molecule is CC[C@@H](NC(=O)CCCCCCCCCc1ccccc1)C(=O)NC. The number of unbranched alkanes of at least 4 members (excludes halogenated alkanes) is 6. The molecule has 4 heteroatoms. The van der Waals surface area contributed by atoms with Crippen LogP contribution >= 0.6 is 0 Å². The van der Waals surface area contributed by atoms with Crippen LogP contribution in [-0.2, 0) is 16.0 Å². The standard InChI is InChI=1S/C21H34N2O2/c1-3-19(21(25)22-2)23-20(24)17-13-8-6-4-5-7-10-14-18-15-11-9-12-16-18/h9,11-12,15-16,19H,3-8,10,13-14,17H2,1-2H3,(H,22,25)(H,23,24)/t19-/m1/s1. The number of likely N-dealkylation sites (N-methyl/N-ethyl adjacent to an activating group) is 1. The average Bonchev–Trinajstić information content (AvgIpc) is 2.65. The summed E-state index contributed by atoms with van der Waals surface area (Å²) in [6.07, 6.45) is 10.5. The Morgan fingerprint density at radius 1 is 0.920 bits per heavy atom. The summed E-state index contributed by atoms with van der Waals surface area (Å²) in [6.45, 7) is 1.90. The molecule has 0 aromatic heterocycles. The Labute approximate surface area is 152 Å². The van der Waals surface area contributed by atoms with E-state index in [1.165, 1.54) is 44.1 Å². The van der Waals surface area contributed by atoms with Gasteiger partial charge in [-0.05, 0) is 31.2 Å². The minimum absolute atomic E-state index is 0.0155. The summed E-state index contributed by atoms with van der Waals surface area (Å²) in [5.41, 5.74) is 1.43. The van der Waals surface area contributed by atoms with Crippen molar-refractivity contribution in [2.75, 3.05) is 7.05 Å². The van der Waals surface area contributed by atoms with Crippen molar-refractivity contribution < 1.29 is 9.59 Å². The highest BCUT2D eigenvalue weighted by Crippen LogP contribution is 2.11. The van der Waals surface area contributed by atoms with Crippen LogP contribution in [-0.4, -0.2) is 24.9 Å². The minimum Gasteiger partial charge on any atom is -0.357 e. The molecule has 1 atom stereocenters. The second-order valence-corrected chi connectivity index (χ2v) is 6.60. The molecular weight excluding hydrogens is 312 g/mol. The number of carbonyl (C=O) groups is 2. The molecule has 0 radical (unpaired) electrons. The fraction of sp³-hybridized carbons (Fsp3) is 0.619. The Kier molecular flexibility index (Phi) is 11.4. The molecule has 25 heavy (non-hydrogen) atoms. The molecule has 0 aliphatic carbocycles. The van der Waals surface area contributed by atoms with E-state index in [0.717, 1.165) is 12.8 Å². The quantitative estimate of drug-likeness (QED) is 0.531. The van der Waals surface area contributed by atoms with E-state index in [2.05, 4.69) is 41.0 Å². The molecular formula is C21H34N2O2. The van der Waals surface area contributed by atoms with Gasteiger partial charge < -0.3 is 10.6 Å². The van der Waals surface area contributed by atoms with Crippen LogP contribution in [0.2, 0.25) is 0 Å². The van der Waals surface area contributed by atoms with Gasteiger partial charge in [-0.25, -0.2) is 0 Å². The monoisotopic (exact) mass is 346 g/mol. The first-order valence-electron chi connectivity index (χ1n) is 9.72. The lowest BCUT2D eigenvalue weighted by Crippen LogP contribution is -2.45. The number of carbonyl (C=O) groups excluding carboxylic acids is 2. The zero-order valence-electron chi connectivity index (χ0n) is 15.9. The van der Waals surface area contributed by atoms with Crippen LogP contribution in [0, 0.1) is 0 Å². The van der Waals surface area contributed by atoms with Gasteiger partial charge in [0.2, 0.25) is 11.8 Å². The van der Waals surface area contributed by atoms with E-state index < -0.39 is 6.04 Å². The Balaban J connectivity index is 1.95. The van der Waals surface area contributed by atoms with Gasteiger partial charge in [-0.3, -0.25) is 9.59 Å². The first-order valence-corrected chi connectivity index (χ1v) is 9.72. The normalized spacial score (nSPS) is 11.8. The number of hydrogen-bond acceptors (Lipinski definition) is 2. The maximum atomic E-state index is 11.9. The molecule has 4 nitrogen and oxygen atoms in total. The Morgan fingerprint density at radius 2 is 1.52 bits per heavy atom. The largest absolute Gasteiger partial charge is 0.357 e. The summed E-state index contributed by atoms with van der Waals surface area (Å²) >= 11 is 0. The first kappa shape index (κ1) is 21.2. The van der Waals surface area contributed by atoms with Gasteiger partial charge in [-0.15, -0.1) is 0 Å². The molecule has 0 unspecified atom stereocenters. The number of rotatable bonds is 13. The van der Waals surface area contributed by atoms with E-state index >= 15 is 0 Å². The van der Waals surface area contributed by atoms with Gasteiger partial charge in [0, 0.05) is 13.5 Å². The zero-order valence-corrected chi connectivity index (χ0v) is 15.9. The van der Waals surface area contributed by atoms with Crippen LogP contribution in [0.5, 0.6) is 0 Å². The molecule has 140 valence electrons. The third-order valence-electron chi connectivity index (χ3n) is 4.52. The van der Waals surface area contributed by atoms with Crippen molar-refractivity contribution in [2.45, 2.75) is 77.2 Å². The Hall–Kier alpha value is -1.84. The summed E-state index contributed by atoms with van der Waals surface area (Å²) in [7, 11) is 1.59. The second-order valence-electron chi connectivity index (χ2n) is 6.60. The molecule has 2 N–H and O–H groups in total. The summed E-state index contributed by atoms with van der Waals surface area (Å²) in [6, 6.07) is 10.2. The van der Waals surface area contributed by atoms with Crippen LogP contribution in [0.1, 0.15) is 70.3 Å². The summed E-state index contributed by atoms with van der Waals surface area (Å²) in [5.74, 6) is -0.135. The average molecular weight is 347 g/mol. The fourth-order valence-electron chi connectivity index (χ4n) is 2.94. The summed E-state index contributed by atoms with van der Waals surface area (Å²) in [4.78, 5) is 23.4. The van der Waals surface area contributed by atoms with E-state index in [1.54, 1.807) is 7.05 Å². The van der Waals surface area contributed by atoms with Gasteiger partial charge in [0.15, 0.2) is 0 Å². The van der Waals surface area contributed by atoms with Crippen molar-refractivity contribution in [3.05, 3.63) is 35.9 Å². The van der Waals surface area contributed by atoms with Crippen molar-refractivity contribution >= 4 is 11.8 Å². The van der Waals surface area contributed by atoms with Gasteiger partial charge in [0.1, 0.15) is 6.04 Å². The number of hydrogen-bond donors (Lipinski definition) is 2. The van der Waals surface area contributed by atoms with Crippen LogP contribution in [0.3, 0.4) is 0 Å². The van der Waals surface area contributed by atoms with Gasteiger partial charge in [-0.2, -0.15) is 0 Å². The number of aryl methyl sites for hydroxylation is 1. The Bertz CT molecular complexity index is 488. The highest BCUT2D eigenvalue weighted by molar-refractivity contribution is 5.87. The lowest BCUT2D eigenvalue weighted by atomic mass is 10.0. The minimum atomic E-state index is -0.401. The molecule has 1 rings (SSSR count). The van der Waals surface area contributed by atoms with Crippen molar-refractivity contribution in [3.8, 4) is 0 Å². The third-order valence-corrected chi connectivity index (χ3v) is 4.52. The highest BCUT2D eigenvalue weighted by Gasteiger charge is 2.16. The first-order chi connectivity index (χ1) is 12.2. The van der Waals surface area contributed by atoms with Gasteiger partial charge in [0.25, 0.3) is 0 Å². The molecule has 0 bridgehead atoms. The molecule has 0 aliphatic rings. The fourth-order valence-corrected chi connectivity index (χ4v) is 2.94. The highest BCUT2D eigenvalue weighted by atomic mass is 16.2. The molecule has 0 heterocycles. The third kappa shape index (κ3) is 9.90. The summed E-state index contributed by atoms with van der Waals surface area (Å²) < 4.78 is 0. The molecule has 1 aromatic carbocycles. The lowest BCUT2D eigenvalue weighted by Gasteiger charge is -2.15. The molecule has 0 aliphatic heterocycles. The van der Waals surface area contributed by atoms with Gasteiger partial charge >= 0.3 is 0 Å². The predicted octanol–water partition coefficient (Wildman–Crippen LogP) is 3.99. The molecule has 0 saturated carbocycles. The van der Waals surface area contributed by atoms with Crippen LogP contribution in [0.15, 0.2) is 30.3 Å². The molecule has 2 amide bonds. The van der Waals surface area contributed by atoms with E-state index in [4.69, 9.17) is 0 Å². The predicted molar refractivity (Wildman–Crippen MR) is 103 cm³/mol. The number of benzene rings is 1. The smallest absolute Gasteiger partial charge is 0.242 e. The maximum absolute atomic E-state index is 11.9. The van der Waals surface area contributed by atoms with Crippen molar-refractivity contribution in [2.24, 2.45) is 0 Å². The molecule has 0 saturated heterocycles. The van der Waals surface area contributed by atoms with Crippen molar-refractivity contribution in [1.82, 2.24) is 10.6 Å². The molecule has 0 fully saturated rings. The lowest BCUT2D eigenvalue weighted by molar-refractivity contribution is -0.128. The second kappa shape index (κ2) is 13.5. The van der Waals surface area contributed by atoms with Crippen molar-refractivity contribution in [1.29, 1.82) is 0 Å². The molecule has 1 aromatic rings. The number of nitrogens with one attached hydrogen (secondary N) is 2. The molecule has 0 spiro atoms.